The van der Waals surface area contributed by atoms with Crippen LogP contribution in [-0.4, -0.2) is 41.2 Å². The Bertz CT molecular complexity index is 864. The van der Waals surface area contributed by atoms with Crippen molar-refractivity contribution >= 4 is 22.5 Å². The maximum atomic E-state index is 12.3. The number of piperidine rings is 1. The first-order valence-corrected chi connectivity index (χ1v) is 9.48. The van der Waals surface area contributed by atoms with E-state index in [-0.39, 0.29) is 17.6 Å². The summed E-state index contributed by atoms with van der Waals surface area (Å²) in [6.45, 7) is 3.35. The maximum Gasteiger partial charge on any atom is 0.319 e. The minimum Gasteiger partial charge on any atom is -0.335 e. The average molecular weight is 354 g/mol. The van der Waals surface area contributed by atoms with Crippen LogP contribution in [0.5, 0.6) is 0 Å². The van der Waals surface area contributed by atoms with Gasteiger partial charge >= 0.3 is 6.03 Å². The Morgan fingerprint density at radius 3 is 2.65 bits per heavy atom. The van der Waals surface area contributed by atoms with Gasteiger partial charge in [0.2, 0.25) is 0 Å². The van der Waals surface area contributed by atoms with E-state index in [0.29, 0.717) is 11.1 Å². The molecule has 6 nitrogen and oxygen atoms in total. The molecule has 6 heteroatoms. The predicted octanol–water partition coefficient (Wildman–Crippen LogP) is 2.53. The zero-order chi connectivity index (χ0) is 18.1. The first-order valence-electron chi connectivity index (χ1n) is 9.48. The number of urea groups is 1. The lowest BCUT2D eigenvalue weighted by Crippen LogP contribution is -2.46. The fourth-order valence-corrected chi connectivity index (χ4v) is 3.69. The number of nitrogens with zero attached hydrogens (tertiary/aromatic N) is 2. The number of hydrogen-bond acceptors (Lipinski definition) is 3. The zero-order valence-electron chi connectivity index (χ0n) is 15.2. The highest BCUT2D eigenvalue weighted by atomic mass is 16.2. The number of aromatic nitrogens is 1. The molecule has 2 amide bonds. The van der Waals surface area contributed by atoms with Gasteiger partial charge in [0.05, 0.1) is 0 Å². The summed E-state index contributed by atoms with van der Waals surface area (Å²) in [5, 5.41) is 7.43. The molecule has 0 unspecified atom stereocenters. The molecule has 2 aromatic rings. The second-order valence-electron chi connectivity index (χ2n) is 7.65. The fourth-order valence-electron chi connectivity index (χ4n) is 3.69. The standard InChI is InChI=1S/C20H26N4O2/c1-23-9-6-15-4-5-17(12-18(15)19(23)25)22-20(26)21-16-7-10-24(11-8-16)13-14-2-3-14/h4-6,9,12,14,16H,2-3,7-8,10-11,13H2,1H3,(H2,21,22,26). The highest BCUT2D eigenvalue weighted by molar-refractivity contribution is 5.93. The number of aryl methyl sites for hydroxylation is 1. The van der Waals surface area contributed by atoms with Gasteiger partial charge in [-0.25, -0.2) is 4.79 Å². The van der Waals surface area contributed by atoms with Gasteiger partial charge in [-0.15, -0.1) is 0 Å². The van der Waals surface area contributed by atoms with E-state index in [2.05, 4.69) is 15.5 Å². The molecule has 4 rings (SSSR count). The minimum atomic E-state index is -0.197. The van der Waals surface area contributed by atoms with Crippen LogP contribution in [0.3, 0.4) is 0 Å². The number of rotatable bonds is 4. The van der Waals surface area contributed by atoms with Gasteiger partial charge in [0, 0.05) is 50.0 Å². The SMILES string of the molecule is Cn1ccc2ccc(NC(=O)NC3CCN(CC4CC4)CC3)cc2c1=O. The van der Waals surface area contributed by atoms with Crippen LogP contribution >= 0.6 is 0 Å². The molecule has 1 saturated heterocycles. The normalized spacial score (nSPS) is 18.8. The van der Waals surface area contributed by atoms with Crippen molar-refractivity contribution in [3.63, 3.8) is 0 Å². The van der Waals surface area contributed by atoms with Gasteiger partial charge in [0.1, 0.15) is 0 Å². The number of benzene rings is 1. The molecule has 2 fully saturated rings. The van der Waals surface area contributed by atoms with E-state index in [1.54, 1.807) is 23.9 Å². The van der Waals surface area contributed by atoms with Crippen LogP contribution in [0.4, 0.5) is 10.5 Å². The van der Waals surface area contributed by atoms with Crippen molar-refractivity contribution in [3.05, 3.63) is 40.8 Å². The summed E-state index contributed by atoms with van der Waals surface area (Å²) in [6, 6.07) is 7.37. The Balaban J connectivity index is 1.34. The molecule has 2 aliphatic rings. The van der Waals surface area contributed by atoms with E-state index in [4.69, 9.17) is 0 Å². The molecular weight excluding hydrogens is 328 g/mol. The molecule has 0 bridgehead atoms. The summed E-state index contributed by atoms with van der Waals surface area (Å²) in [4.78, 5) is 27.1. The van der Waals surface area contributed by atoms with Crippen LogP contribution in [0, 0.1) is 5.92 Å². The highest BCUT2D eigenvalue weighted by Crippen LogP contribution is 2.30. The van der Waals surface area contributed by atoms with Crippen molar-refractivity contribution in [1.82, 2.24) is 14.8 Å². The van der Waals surface area contributed by atoms with E-state index in [9.17, 15) is 9.59 Å². The second-order valence-corrected chi connectivity index (χ2v) is 7.65. The molecule has 138 valence electrons. The summed E-state index contributed by atoms with van der Waals surface area (Å²) < 4.78 is 1.54. The Morgan fingerprint density at radius 1 is 1.15 bits per heavy atom. The van der Waals surface area contributed by atoms with Gasteiger partial charge < -0.3 is 20.1 Å². The number of nitrogens with one attached hydrogen (secondary N) is 2. The number of carbonyl (C=O) groups is 1. The molecule has 1 saturated carbocycles. The molecule has 0 spiro atoms. The lowest BCUT2D eigenvalue weighted by molar-refractivity contribution is 0.190. The lowest BCUT2D eigenvalue weighted by Gasteiger charge is -2.32. The summed E-state index contributed by atoms with van der Waals surface area (Å²) in [6.07, 6.45) is 6.52. The van der Waals surface area contributed by atoms with Gasteiger partial charge in [0.15, 0.2) is 0 Å². The van der Waals surface area contributed by atoms with E-state index in [1.165, 1.54) is 19.4 Å². The molecule has 1 aliphatic heterocycles. The van der Waals surface area contributed by atoms with E-state index >= 15 is 0 Å². The van der Waals surface area contributed by atoms with Crippen molar-refractivity contribution < 1.29 is 4.79 Å². The van der Waals surface area contributed by atoms with Crippen molar-refractivity contribution in [2.75, 3.05) is 25.0 Å². The number of fused-ring (bicyclic) bond motifs is 1. The first-order chi connectivity index (χ1) is 12.6. The lowest BCUT2D eigenvalue weighted by atomic mass is 10.0. The van der Waals surface area contributed by atoms with Gasteiger partial charge in [-0.3, -0.25) is 4.79 Å². The van der Waals surface area contributed by atoms with Crippen LogP contribution in [-0.2, 0) is 7.05 Å². The third kappa shape index (κ3) is 3.90. The van der Waals surface area contributed by atoms with Gasteiger partial charge in [-0.2, -0.15) is 0 Å². The summed E-state index contributed by atoms with van der Waals surface area (Å²) in [7, 11) is 1.73. The monoisotopic (exact) mass is 354 g/mol. The van der Waals surface area contributed by atoms with E-state index in [0.717, 1.165) is 37.2 Å². The van der Waals surface area contributed by atoms with Gasteiger partial charge in [-0.1, -0.05) is 6.07 Å². The number of pyridine rings is 1. The average Bonchev–Trinajstić information content (AvgIpc) is 3.44. The quantitative estimate of drug-likeness (QED) is 0.887. The third-order valence-electron chi connectivity index (χ3n) is 5.48. The maximum absolute atomic E-state index is 12.3. The molecule has 26 heavy (non-hydrogen) atoms. The smallest absolute Gasteiger partial charge is 0.319 e. The summed E-state index contributed by atoms with van der Waals surface area (Å²) in [5.74, 6) is 0.920. The molecule has 1 aromatic carbocycles. The fraction of sp³-hybridized carbons (Fsp3) is 0.500. The number of carbonyl (C=O) groups excluding carboxylic acids is 1. The van der Waals surface area contributed by atoms with Crippen LogP contribution < -0.4 is 16.2 Å². The predicted molar refractivity (Wildman–Crippen MR) is 104 cm³/mol. The molecule has 1 aliphatic carbocycles. The number of anilines is 1. The molecule has 1 aromatic heterocycles. The van der Waals surface area contributed by atoms with Crippen LogP contribution in [0.1, 0.15) is 25.7 Å². The molecular formula is C20H26N4O2. The highest BCUT2D eigenvalue weighted by Gasteiger charge is 2.27. The number of likely N-dealkylation sites (tertiary alicyclic amines) is 1. The van der Waals surface area contributed by atoms with Crippen LogP contribution in [0.15, 0.2) is 35.3 Å². The Kier molecular flexibility index (Phi) is 4.68. The molecule has 2 N–H and O–H groups in total. The van der Waals surface area contributed by atoms with Crippen LogP contribution in [0.25, 0.3) is 10.8 Å². The van der Waals surface area contributed by atoms with Crippen molar-refractivity contribution in [3.8, 4) is 0 Å². The number of amides is 2. The number of hydrogen-bond donors (Lipinski definition) is 2. The van der Waals surface area contributed by atoms with E-state index in [1.807, 2.05) is 18.2 Å². The zero-order valence-corrected chi connectivity index (χ0v) is 15.2. The molecule has 0 atom stereocenters. The minimum absolute atomic E-state index is 0.0606. The topological polar surface area (TPSA) is 66.4 Å². The van der Waals surface area contributed by atoms with Crippen molar-refractivity contribution in [2.24, 2.45) is 13.0 Å². The summed E-state index contributed by atoms with van der Waals surface area (Å²) >= 11 is 0. The van der Waals surface area contributed by atoms with Crippen molar-refractivity contribution in [1.29, 1.82) is 0 Å². The molecule has 0 radical (unpaired) electrons. The van der Waals surface area contributed by atoms with E-state index < -0.39 is 0 Å². The van der Waals surface area contributed by atoms with Crippen molar-refractivity contribution in [2.45, 2.75) is 31.7 Å². The Hall–Kier alpha value is -2.34. The third-order valence-corrected chi connectivity index (χ3v) is 5.48. The largest absolute Gasteiger partial charge is 0.335 e. The van der Waals surface area contributed by atoms with Gasteiger partial charge in [0.25, 0.3) is 5.56 Å². The van der Waals surface area contributed by atoms with Crippen LogP contribution in [0.2, 0.25) is 0 Å². The Labute approximate surface area is 153 Å². The first kappa shape index (κ1) is 17.1. The Morgan fingerprint density at radius 2 is 1.92 bits per heavy atom. The molecule has 2 heterocycles. The second kappa shape index (κ2) is 7.11. The van der Waals surface area contributed by atoms with Gasteiger partial charge in [-0.05, 0) is 55.2 Å². The summed E-state index contributed by atoms with van der Waals surface area (Å²) in [5.41, 5.74) is 0.582.